The zero-order valence-electron chi connectivity index (χ0n) is 15.6. The average Bonchev–Trinajstić information content (AvgIpc) is 3.12. The number of likely N-dealkylation sites (tertiary alicyclic amines) is 1. The first-order chi connectivity index (χ1) is 13.5. The number of carbonyl (C=O) groups excluding carboxylic acids is 2. The molecule has 2 fully saturated rings. The summed E-state index contributed by atoms with van der Waals surface area (Å²) in [5.74, 6) is -0.372. The molecule has 3 heterocycles. The number of anilines is 1. The van der Waals surface area contributed by atoms with Crippen molar-refractivity contribution in [2.45, 2.75) is 43.4 Å². The average molecular weight is 405 g/mol. The van der Waals surface area contributed by atoms with Gasteiger partial charge in [-0.05, 0) is 43.9 Å². The van der Waals surface area contributed by atoms with E-state index in [1.165, 1.54) is 6.07 Å². The van der Waals surface area contributed by atoms with Crippen molar-refractivity contribution >= 4 is 33.4 Å². The molecule has 1 amide bonds. The number of fused-ring (bicyclic) bond motifs is 3. The number of hydrogen-bond donors (Lipinski definition) is 0. The molecule has 28 heavy (non-hydrogen) atoms. The zero-order chi connectivity index (χ0) is 19.7. The molecular formula is C19H23N3O5S. The normalized spacial score (nSPS) is 20.6. The van der Waals surface area contributed by atoms with Crippen molar-refractivity contribution in [2.24, 2.45) is 4.40 Å². The molecule has 0 N–H and O–H groups in total. The van der Waals surface area contributed by atoms with Crippen LogP contribution in [0.3, 0.4) is 0 Å². The van der Waals surface area contributed by atoms with Gasteiger partial charge in [-0.3, -0.25) is 4.79 Å². The molecule has 0 aromatic heterocycles. The van der Waals surface area contributed by atoms with E-state index >= 15 is 0 Å². The van der Waals surface area contributed by atoms with Gasteiger partial charge in [0.25, 0.3) is 15.9 Å². The summed E-state index contributed by atoms with van der Waals surface area (Å²) in [4.78, 5) is 28.0. The van der Waals surface area contributed by atoms with Crippen LogP contribution in [0.15, 0.2) is 27.5 Å². The van der Waals surface area contributed by atoms with Crippen LogP contribution in [0.5, 0.6) is 0 Å². The summed E-state index contributed by atoms with van der Waals surface area (Å²) in [5.41, 5.74) is 0.654. The van der Waals surface area contributed by atoms with Crippen LogP contribution in [-0.4, -0.2) is 57.3 Å². The molecule has 0 spiro atoms. The summed E-state index contributed by atoms with van der Waals surface area (Å²) >= 11 is 0. The quantitative estimate of drug-likeness (QED) is 0.713. The van der Waals surface area contributed by atoms with Gasteiger partial charge in [-0.1, -0.05) is 6.42 Å². The molecule has 150 valence electrons. The maximum absolute atomic E-state index is 12.6. The third-order valence-electron chi connectivity index (χ3n) is 5.37. The number of hydrogen-bond acceptors (Lipinski definition) is 6. The van der Waals surface area contributed by atoms with Gasteiger partial charge in [0.05, 0.1) is 11.3 Å². The van der Waals surface area contributed by atoms with Gasteiger partial charge < -0.3 is 14.5 Å². The topological polar surface area (TPSA) is 96.3 Å². The maximum Gasteiger partial charge on any atom is 0.338 e. The lowest BCUT2D eigenvalue weighted by Gasteiger charge is -2.29. The Kier molecular flexibility index (Phi) is 5.09. The van der Waals surface area contributed by atoms with Crippen molar-refractivity contribution in [1.82, 2.24) is 4.90 Å². The minimum atomic E-state index is -3.87. The Labute approximate surface area is 164 Å². The number of rotatable bonds is 3. The van der Waals surface area contributed by atoms with Gasteiger partial charge in [0.15, 0.2) is 6.61 Å². The first kappa shape index (κ1) is 18.9. The second-order valence-electron chi connectivity index (χ2n) is 7.29. The molecule has 1 aromatic carbocycles. The van der Waals surface area contributed by atoms with Crippen LogP contribution in [0.25, 0.3) is 0 Å². The first-order valence-electron chi connectivity index (χ1n) is 9.66. The molecular weight excluding hydrogens is 382 g/mol. The van der Waals surface area contributed by atoms with Crippen molar-refractivity contribution < 1.29 is 22.7 Å². The highest BCUT2D eigenvalue weighted by atomic mass is 32.2. The Hall–Kier alpha value is -2.42. The molecule has 4 rings (SSSR count). The van der Waals surface area contributed by atoms with Crippen LogP contribution in [0, 0.1) is 0 Å². The van der Waals surface area contributed by atoms with Crippen molar-refractivity contribution in [3.8, 4) is 0 Å². The lowest BCUT2D eigenvalue weighted by Crippen LogP contribution is -2.35. The van der Waals surface area contributed by atoms with Crippen molar-refractivity contribution in [2.75, 3.05) is 31.1 Å². The lowest BCUT2D eigenvalue weighted by atomic mass is 10.2. The Morgan fingerprint density at radius 3 is 2.57 bits per heavy atom. The summed E-state index contributed by atoms with van der Waals surface area (Å²) in [5, 5.41) is 0. The number of esters is 1. The number of amidine groups is 1. The Bertz CT molecular complexity index is 935. The standard InChI is InChI=1S/C19H23N3O5S/c23-18(21-9-4-5-10-21)13-27-19(24)14-7-8-15-16(12-14)28(25,26)20-17-6-2-1-3-11-22(15)17/h7-8,12H,1-6,9-11,13H2. The monoisotopic (exact) mass is 405 g/mol. The number of ether oxygens (including phenoxy) is 1. The predicted octanol–water partition coefficient (Wildman–Crippen LogP) is 1.95. The fraction of sp³-hybridized carbons (Fsp3) is 0.526. The van der Waals surface area contributed by atoms with E-state index in [1.54, 1.807) is 17.0 Å². The van der Waals surface area contributed by atoms with Gasteiger partial charge >= 0.3 is 5.97 Å². The fourth-order valence-corrected chi connectivity index (χ4v) is 5.16. The van der Waals surface area contributed by atoms with Crippen molar-refractivity contribution in [3.63, 3.8) is 0 Å². The van der Waals surface area contributed by atoms with Crippen LogP contribution in [0.2, 0.25) is 0 Å². The molecule has 9 heteroatoms. The molecule has 0 aliphatic carbocycles. The second-order valence-corrected chi connectivity index (χ2v) is 8.86. The zero-order valence-corrected chi connectivity index (χ0v) is 16.4. The molecule has 3 aliphatic heterocycles. The Morgan fingerprint density at radius 2 is 1.79 bits per heavy atom. The third kappa shape index (κ3) is 3.63. The summed E-state index contributed by atoms with van der Waals surface area (Å²) < 4.78 is 34.3. The molecule has 8 nitrogen and oxygen atoms in total. The van der Waals surface area contributed by atoms with Gasteiger partial charge in [-0.25, -0.2) is 4.79 Å². The number of carbonyl (C=O) groups is 2. The summed E-state index contributed by atoms with van der Waals surface area (Å²) in [6.07, 6.45) is 5.45. The van der Waals surface area contributed by atoms with E-state index in [-0.39, 0.29) is 23.0 Å². The van der Waals surface area contributed by atoms with E-state index < -0.39 is 16.0 Å². The van der Waals surface area contributed by atoms with E-state index in [4.69, 9.17) is 4.74 Å². The summed E-state index contributed by atoms with van der Waals surface area (Å²) in [6, 6.07) is 4.48. The van der Waals surface area contributed by atoms with E-state index in [1.807, 2.05) is 4.90 Å². The van der Waals surface area contributed by atoms with Gasteiger partial charge in [0.1, 0.15) is 10.7 Å². The van der Waals surface area contributed by atoms with Crippen molar-refractivity contribution in [1.29, 1.82) is 0 Å². The van der Waals surface area contributed by atoms with Gasteiger partial charge in [-0.2, -0.15) is 8.42 Å². The lowest BCUT2D eigenvalue weighted by molar-refractivity contribution is -0.133. The van der Waals surface area contributed by atoms with Crippen LogP contribution >= 0.6 is 0 Å². The highest BCUT2D eigenvalue weighted by Crippen LogP contribution is 2.35. The summed E-state index contributed by atoms with van der Waals surface area (Å²) in [6.45, 7) is 1.74. The Balaban J connectivity index is 1.54. The molecule has 0 unspecified atom stereocenters. The number of nitrogens with zero attached hydrogens (tertiary/aromatic N) is 3. The molecule has 2 saturated heterocycles. The van der Waals surface area contributed by atoms with E-state index in [9.17, 15) is 18.0 Å². The van der Waals surface area contributed by atoms with Crippen LogP contribution in [-0.2, 0) is 19.6 Å². The largest absolute Gasteiger partial charge is 0.452 e. The highest BCUT2D eigenvalue weighted by molar-refractivity contribution is 7.90. The van der Waals surface area contributed by atoms with E-state index in [0.29, 0.717) is 37.6 Å². The maximum atomic E-state index is 12.6. The SMILES string of the molecule is O=C(OCC(=O)N1CCCC1)c1ccc2c(c1)S(=O)(=O)N=C1CCCCCN12. The van der Waals surface area contributed by atoms with E-state index in [0.717, 1.165) is 32.1 Å². The van der Waals surface area contributed by atoms with E-state index in [2.05, 4.69) is 4.40 Å². The highest BCUT2D eigenvalue weighted by Gasteiger charge is 2.32. The second kappa shape index (κ2) is 7.54. The molecule has 3 aliphatic rings. The van der Waals surface area contributed by atoms with Crippen LogP contribution in [0.1, 0.15) is 48.9 Å². The van der Waals surface area contributed by atoms with Gasteiger partial charge in [-0.15, -0.1) is 4.40 Å². The van der Waals surface area contributed by atoms with Gasteiger partial charge in [0, 0.05) is 26.1 Å². The molecule has 0 atom stereocenters. The minimum Gasteiger partial charge on any atom is -0.452 e. The van der Waals surface area contributed by atoms with Gasteiger partial charge in [0.2, 0.25) is 0 Å². The fourth-order valence-electron chi connectivity index (χ4n) is 3.88. The van der Waals surface area contributed by atoms with Crippen LogP contribution < -0.4 is 4.90 Å². The number of sulfonamides is 1. The Morgan fingerprint density at radius 1 is 1.04 bits per heavy atom. The summed E-state index contributed by atoms with van der Waals surface area (Å²) in [7, 11) is -3.87. The van der Waals surface area contributed by atoms with Crippen LogP contribution in [0.4, 0.5) is 5.69 Å². The molecule has 0 saturated carbocycles. The smallest absolute Gasteiger partial charge is 0.338 e. The molecule has 1 aromatic rings. The predicted molar refractivity (Wildman–Crippen MR) is 103 cm³/mol. The minimum absolute atomic E-state index is 0.0125. The molecule has 0 radical (unpaired) electrons. The van der Waals surface area contributed by atoms with Crippen molar-refractivity contribution in [3.05, 3.63) is 23.8 Å². The number of benzene rings is 1. The third-order valence-corrected chi connectivity index (χ3v) is 6.70. The molecule has 0 bridgehead atoms. The number of amides is 1. The first-order valence-corrected chi connectivity index (χ1v) is 11.1.